The number of aliphatic carboxylic acids is 1. The monoisotopic (exact) mass is 593 g/mol. The zero-order valence-electron chi connectivity index (χ0n) is 22.8. The summed E-state index contributed by atoms with van der Waals surface area (Å²) in [5.74, 6) is -2.78. The van der Waals surface area contributed by atoms with Crippen LogP contribution in [-0.4, -0.2) is 86.0 Å². The average Bonchev–Trinajstić information content (AvgIpc) is 3.78. The Hall–Kier alpha value is -3.97. The second-order valence-corrected chi connectivity index (χ2v) is 12.5. The van der Waals surface area contributed by atoms with Crippen LogP contribution in [0.2, 0.25) is 0 Å². The number of carboxylic acids is 1. The molecule has 0 spiro atoms. The van der Waals surface area contributed by atoms with Crippen LogP contribution in [0.4, 0.5) is 14.6 Å². The predicted octanol–water partition coefficient (Wildman–Crippen LogP) is 4.33. The van der Waals surface area contributed by atoms with Crippen LogP contribution < -0.4 is 5.32 Å². The number of rotatable bonds is 6. The van der Waals surface area contributed by atoms with E-state index >= 15 is 4.39 Å². The van der Waals surface area contributed by atoms with E-state index in [1.54, 1.807) is 23.2 Å². The molecule has 1 saturated heterocycles. The van der Waals surface area contributed by atoms with Crippen molar-refractivity contribution in [2.75, 3.05) is 38.5 Å². The van der Waals surface area contributed by atoms with Gasteiger partial charge in [0.1, 0.15) is 17.2 Å². The van der Waals surface area contributed by atoms with Crippen LogP contribution in [0.1, 0.15) is 28.9 Å². The molecular weight excluding hydrogens is 564 g/mol. The maximum absolute atomic E-state index is 16.3. The molecule has 4 aromatic rings. The Morgan fingerprint density at radius 1 is 1.12 bits per heavy atom. The summed E-state index contributed by atoms with van der Waals surface area (Å²) in [6.07, 6.45) is 5.17. The number of nitrogens with zero attached hydrogens (tertiary/aromatic N) is 5. The van der Waals surface area contributed by atoms with E-state index in [1.165, 1.54) is 6.07 Å². The van der Waals surface area contributed by atoms with E-state index in [0.29, 0.717) is 39.4 Å². The van der Waals surface area contributed by atoms with Crippen LogP contribution in [0.5, 0.6) is 0 Å². The fourth-order valence-electron chi connectivity index (χ4n) is 6.75. The van der Waals surface area contributed by atoms with Gasteiger partial charge in [-0.05, 0) is 56.3 Å². The highest BCUT2D eigenvalue weighted by Gasteiger charge is 2.51. The van der Waals surface area contributed by atoms with E-state index in [-0.39, 0.29) is 35.1 Å². The van der Waals surface area contributed by atoms with E-state index in [0.717, 1.165) is 49.9 Å². The van der Waals surface area contributed by atoms with E-state index in [2.05, 4.69) is 30.2 Å². The highest BCUT2D eigenvalue weighted by molar-refractivity contribution is 7.17. The number of fused-ring (bicyclic) bond motifs is 3. The van der Waals surface area contributed by atoms with Crippen LogP contribution in [-0.2, 0) is 4.79 Å². The molecule has 42 heavy (non-hydrogen) atoms. The molecule has 10 nitrogen and oxygen atoms in total. The number of hydrogen-bond acceptors (Lipinski definition) is 8. The normalized spacial score (nSPS) is 24.0. The lowest BCUT2D eigenvalue weighted by molar-refractivity contribution is -0.143. The van der Waals surface area contributed by atoms with Gasteiger partial charge in [-0.3, -0.25) is 9.59 Å². The Labute approximate surface area is 243 Å². The summed E-state index contributed by atoms with van der Waals surface area (Å²) in [5, 5.41) is 13.5. The molecule has 2 aliphatic carbocycles. The summed E-state index contributed by atoms with van der Waals surface area (Å²) in [4.78, 5) is 46.4. The summed E-state index contributed by atoms with van der Waals surface area (Å²) in [7, 11) is 2.01. The highest BCUT2D eigenvalue weighted by Crippen LogP contribution is 2.50. The maximum Gasteiger partial charge on any atom is 0.308 e. The molecule has 5 heterocycles. The molecule has 4 unspecified atom stereocenters. The molecular formula is C29H29F2N7O3S. The number of carbonyl (C=O) groups is 2. The molecule has 1 aliphatic heterocycles. The molecule has 0 aromatic carbocycles. The van der Waals surface area contributed by atoms with Crippen molar-refractivity contribution < 1.29 is 23.5 Å². The van der Waals surface area contributed by atoms with Gasteiger partial charge in [-0.2, -0.15) is 0 Å². The largest absolute Gasteiger partial charge is 0.481 e. The van der Waals surface area contributed by atoms with E-state index < -0.39 is 29.6 Å². The second-order valence-electron chi connectivity index (χ2n) is 11.4. The van der Waals surface area contributed by atoms with Crippen LogP contribution in [0.15, 0.2) is 30.6 Å². The number of pyridine rings is 1. The molecule has 7 rings (SSSR count). The van der Waals surface area contributed by atoms with Crippen molar-refractivity contribution in [2.24, 2.45) is 17.8 Å². The fourth-order valence-corrected chi connectivity index (χ4v) is 7.70. The molecule has 2 bridgehead atoms. The lowest BCUT2D eigenvalue weighted by Gasteiger charge is -2.32. The van der Waals surface area contributed by atoms with Gasteiger partial charge >= 0.3 is 5.97 Å². The summed E-state index contributed by atoms with van der Waals surface area (Å²) < 4.78 is 30.4. The molecule has 4 atom stereocenters. The summed E-state index contributed by atoms with van der Waals surface area (Å²) in [5.41, 5.74) is 0.832. The maximum atomic E-state index is 16.3. The number of carbonyl (C=O) groups excluding carboxylic acids is 1. The fraction of sp³-hybridized carbons (Fsp3) is 0.414. The number of hydrogen-bond donors (Lipinski definition) is 3. The van der Waals surface area contributed by atoms with Crippen LogP contribution in [0.3, 0.4) is 0 Å². The van der Waals surface area contributed by atoms with Crippen molar-refractivity contribution in [1.29, 1.82) is 0 Å². The third kappa shape index (κ3) is 4.60. The SMILES string of the molecule is CN1CCN(C(=O)c2ccc(-c3nc(-c4c[nH]c5ncc(F)cc45)nc(NC4C5CCC(C5)C4C(=O)O)c3F)s2)CC1. The quantitative estimate of drug-likeness (QED) is 0.302. The van der Waals surface area contributed by atoms with Gasteiger partial charge in [0.2, 0.25) is 0 Å². The Morgan fingerprint density at radius 3 is 2.69 bits per heavy atom. The minimum absolute atomic E-state index is 0.0151. The van der Waals surface area contributed by atoms with Gasteiger partial charge in [0, 0.05) is 49.4 Å². The summed E-state index contributed by atoms with van der Waals surface area (Å²) in [6, 6.07) is 4.17. The number of thiophene rings is 1. The molecule has 0 radical (unpaired) electrons. The van der Waals surface area contributed by atoms with Gasteiger partial charge in [0.15, 0.2) is 17.5 Å². The number of aromatic amines is 1. The molecule has 13 heteroatoms. The van der Waals surface area contributed by atoms with Crippen molar-refractivity contribution >= 4 is 40.1 Å². The second kappa shape index (κ2) is 10.4. The Morgan fingerprint density at radius 2 is 1.90 bits per heavy atom. The summed E-state index contributed by atoms with van der Waals surface area (Å²) >= 11 is 1.15. The smallest absolute Gasteiger partial charge is 0.308 e. The molecule has 3 N–H and O–H groups in total. The Kier molecular flexibility index (Phi) is 6.65. The first kappa shape index (κ1) is 26.9. The van der Waals surface area contributed by atoms with Crippen LogP contribution in [0.25, 0.3) is 33.0 Å². The van der Waals surface area contributed by atoms with Crippen molar-refractivity contribution in [3.8, 4) is 22.0 Å². The zero-order chi connectivity index (χ0) is 29.1. The third-order valence-electron chi connectivity index (χ3n) is 8.94. The van der Waals surface area contributed by atoms with Crippen LogP contribution >= 0.6 is 11.3 Å². The molecule has 2 saturated carbocycles. The van der Waals surface area contributed by atoms with Crippen LogP contribution in [0, 0.1) is 29.4 Å². The number of H-pyrrole nitrogens is 1. The first-order valence-electron chi connectivity index (χ1n) is 14.0. The number of piperazine rings is 1. The molecule has 218 valence electrons. The minimum Gasteiger partial charge on any atom is -0.481 e. The topological polar surface area (TPSA) is 127 Å². The Bertz CT molecular complexity index is 1700. The van der Waals surface area contributed by atoms with E-state index in [4.69, 9.17) is 0 Å². The van der Waals surface area contributed by atoms with Crippen molar-refractivity contribution in [3.63, 3.8) is 0 Å². The van der Waals surface area contributed by atoms with E-state index in [9.17, 15) is 19.1 Å². The number of amides is 1. The number of nitrogens with one attached hydrogen (secondary N) is 2. The number of carboxylic acid groups (broad SMARTS) is 1. The molecule has 3 aliphatic rings. The van der Waals surface area contributed by atoms with Crippen molar-refractivity contribution in [1.82, 2.24) is 29.7 Å². The zero-order valence-corrected chi connectivity index (χ0v) is 23.6. The molecule has 4 aromatic heterocycles. The first-order chi connectivity index (χ1) is 20.3. The van der Waals surface area contributed by atoms with Gasteiger partial charge in [-0.1, -0.05) is 0 Å². The molecule has 1 amide bonds. The van der Waals surface area contributed by atoms with Gasteiger partial charge in [-0.25, -0.2) is 23.7 Å². The number of likely N-dealkylation sites (N-methyl/N-ethyl adjacent to an activating group) is 1. The standard InChI is InChI=1S/C29H29F2N7O3S/c1-37-6-8-38(9-7-37)28(39)20-5-4-19(42-20)24-22(31)27(34-23-15-3-2-14(10-15)21(23)29(40)41)36-26(35-24)18-13-33-25-17(18)11-16(30)12-32-25/h4-5,11-15,21,23H,2-3,6-10H2,1H3,(H,32,33)(H,40,41)(H,34,35,36). The van der Waals surface area contributed by atoms with E-state index in [1.807, 2.05) is 7.05 Å². The lowest BCUT2D eigenvalue weighted by Crippen LogP contribution is -2.46. The van der Waals surface area contributed by atoms with Crippen molar-refractivity contribution in [3.05, 3.63) is 47.1 Å². The summed E-state index contributed by atoms with van der Waals surface area (Å²) in [6.45, 7) is 2.79. The molecule has 3 fully saturated rings. The highest BCUT2D eigenvalue weighted by atomic mass is 32.1. The van der Waals surface area contributed by atoms with Gasteiger partial charge in [0.05, 0.1) is 21.9 Å². The first-order valence-corrected chi connectivity index (χ1v) is 14.9. The van der Waals surface area contributed by atoms with Gasteiger partial charge in [0.25, 0.3) is 5.91 Å². The number of aromatic nitrogens is 4. The lowest BCUT2D eigenvalue weighted by atomic mass is 9.84. The van der Waals surface area contributed by atoms with Crippen molar-refractivity contribution in [2.45, 2.75) is 25.3 Å². The number of halogens is 2. The minimum atomic E-state index is -0.905. The number of anilines is 1. The Balaban J connectivity index is 1.30. The predicted molar refractivity (Wildman–Crippen MR) is 153 cm³/mol. The van der Waals surface area contributed by atoms with Gasteiger partial charge in [-0.15, -0.1) is 11.3 Å². The van der Waals surface area contributed by atoms with Gasteiger partial charge < -0.3 is 25.2 Å². The third-order valence-corrected chi connectivity index (χ3v) is 10.0. The average molecular weight is 594 g/mol.